The molecule has 0 aromatic carbocycles. The van der Waals surface area contributed by atoms with Crippen LogP contribution < -0.4 is 10.1 Å². The van der Waals surface area contributed by atoms with Gasteiger partial charge in [-0.3, -0.25) is 4.90 Å². The van der Waals surface area contributed by atoms with Gasteiger partial charge in [-0.1, -0.05) is 13.0 Å². The molecule has 1 N–H and O–H groups in total. The average molecular weight is 289 g/mol. The first-order valence-corrected chi connectivity index (χ1v) is 8.13. The number of rotatable bonds is 5. The van der Waals surface area contributed by atoms with Gasteiger partial charge >= 0.3 is 0 Å². The minimum atomic E-state index is 0.279. The largest absolute Gasteiger partial charge is 0.481 e. The Balaban J connectivity index is 1.76. The minimum Gasteiger partial charge on any atom is -0.481 e. The van der Waals surface area contributed by atoms with Crippen molar-refractivity contribution in [3.05, 3.63) is 23.9 Å². The van der Waals surface area contributed by atoms with E-state index in [0.717, 1.165) is 31.4 Å². The quantitative estimate of drug-likeness (QED) is 0.903. The molecule has 1 aromatic heterocycles. The molecule has 21 heavy (non-hydrogen) atoms. The number of nitrogens with zero attached hydrogens (tertiary/aromatic N) is 2. The summed E-state index contributed by atoms with van der Waals surface area (Å²) in [6.07, 6.45) is 5.73. The van der Waals surface area contributed by atoms with Gasteiger partial charge in [0.1, 0.15) is 0 Å². The molecular formula is C17H27N3O. The third kappa shape index (κ3) is 3.06. The van der Waals surface area contributed by atoms with Gasteiger partial charge in [0.05, 0.1) is 7.11 Å². The molecular weight excluding hydrogens is 262 g/mol. The summed E-state index contributed by atoms with van der Waals surface area (Å²) in [5.41, 5.74) is 1.47. The lowest BCUT2D eigenvalue weighted by Crippen LogP contribution is -2.63. The third-order valence-corrected chi connectivity index (χ3v) is 5.16. The fourth-order valence-electron chi connectivity index (χ4n) is 3.62. The van der Waals surface area contributed by atoms with E-state index in [4.69, 9.17) is 4.74 Å². The van der Waals surface area contributed by atoms with E-state index in [1.165, 1.54) is 24.8 Å². The highest BCUT2D eigenvalue weighted by Gasteiger charge is 2.45. The van der Waals surface area contributed by atoms with Gasteiger partial charge in [-0.15, -0.1) is 0 Å². The summed E-state index contributed by atoms with van der Waals surface area (Å²) in [5.74, 6) is 1.62. The monoisotopic (exact) mass is 289 g/mol. The molecule has 4 heteroatoms. The first-order chi connectivity index (χ1) is 10.2. The summed E-state index contributed by atoms with van der Waals surface area (Å²) in [6.45, 7) is 7.81. The Kier molecular flexibility index (Phi) is 4.18. The van der Waals surface area contributed by atoms with Gasteiger partial charge in [0, 0.05) is 43.0 Å². The highest BCUT2D eigenvalue weighted by atomic mass is 16.5. The molecule has 1 saturated carbocycles. The van der Waals surface area contributed by atoms with E-state index in [2.05, 4.69) is 35.1 Å². The van der Waals surface area contributed by atoms with Crippen LogP contribution in [-0.4, -0.2) is 41.7 Å². The molecule has 3 rings (SSSR count). The molecule has 2 atom stereocenters. The third-order valence-electron chi connectivity index (χ3n) is 5.16. The highest BCUT2D eigenvalue weighted by molar-refractivity contribution is 5.25. The number of ether oxygens (including phenoxy) is 1. The summed E-state index contributed by atoms with van der Waals surface area (Å²) in [5, 5.41) is 3.81. The van der Waals surface area contributed by atoms with Crippen LogP contribution in [0.4, 0.5) is 0 Å². The fraction of sp³-hybridized carbons (Fsp3) is 0.706. The Labute approximate surface area is 127 Å². The molecule has 2 aliphatic rings. The predicted octanol–water partition coefficient (Wildman–Crippen LogP) is 2.44. The molecule has 1 aliphatic heterocycles. The summed E-state index contributed by atoms with van der Waals surface area (Å²) in [6, 6.07) is 4.73. The maximum atomic E-state index is 5.41. The summed E-state index contributed by atoms with van der Waals surface area (Å²) in [4.78, 5) is 6.95. The van der Waals surface area contributed by atoms with Crippen LogP contribution in [0.1, 0.15) is 38.7 Å². The average Bonchev–Trinajstić information content (AvgIpc) is 3.33. The predicted molar refractivity (Wildman–Crippen MR) is 84.4 cm³/mol. The second-order valence-corrected chi connectivity index (χ2v) is 6.71. The van der Waals surface area contributed by atoms with Crippen molar-refractivity contribution in [2.24, 2.45) is 5.92 Å². The number of nitrogens with one attached hydrogen (secondary N) is 1. The van der Waals surface area contributed by atoms with Crippen LogP contribution in [0.15, 0.2) is 18.3 Å². The van der Waals surface area contributed by atoms with Crippen molar-refractivity contribution in [2.75, 3.05) is 20.2 Å². The van der Waals surface area contributed by atoms with Gasteiger partial charge in [0.15, 0.2) is 0 Å². The first-order valence-electron chi connectivity index (χ1n) is 8.13. The Morgan fingerprint density at radius 3 is 2.95 bits per heavy atom. The molecule has 1 aliphatic carbocycles. The van der Waals surface area contributed by atoms with Crippen molar-refractivity contribution in [3.63, 3.8) is 0 Å². The second-order valence-electron chi connectivity index (χ2n) is 6.71. The van der Waals surface area contributed by atoms with E-state index >= 15 is 0 Å². The molecule has 4 nitrogen and oxygen atoms in total. The van der Waals surface area contributed by atoms with Crippen LogP contribution in [-0.2, 0) is 6.54 Å². The minimum absolute atomic E-state index is 0.279. The van der Waals surface area contributed by atoms with Crippen molar-refractivity contribution in [1.29, 1.82) is 0 Å². The van der Waals surface area contributed by atoms with E-state index in [9.17, 15) is 0 Å². The van der Waals surface area contributed by atoms with Gasteiger partial charge in [0.2, 0.25) is 5.88 Å². The number of pyridine rings is 1. The summed E-state index contributed by atoms with van der Waals surface area (Å²) >= 11 is 0. The zero-order chi connectivity index (χ0) is 14.9. The number of methoxy groups -OCH3 is 1. The smallest absolute Gasteiger partial charge is 0.217 e. The highest BCUT2D eigenvalue weighted by Crippen LogP contribution is 2.41. The van der Waals surface area contributed by atoms with E-state index in [1.54, 1.807) is 13.3 Å². The molecule has 2 fully saturated rings. The van der Waals surface area contributed by atoms with E-state index in [1.807, 2.05) is 6.07 Å². The van der Waals surface area contributed by atoms with Gasteiger partial charge in [0.25, 0.3) is 0 Å². The zero-order valence-corrected chi connectivity index (χ0v) is 13.4. The SMILES string of the molecule is CCC1CNC(C)(C2CC2)CN1Cc1cccnc1OC. The number of hydrogen-bond acceptors (Lipinski definition) is 4. The molecule has 1 aromatic rings. The standard InChI is InChI=1S/C17H27N3O/c1-4-15-10-19-17(2,14-7-8-14)12-20(15)11-13-6-5-9-18-16(13)21-3/h5-6,9,14-15,19H,4,7-8,10-12H2,1-3H3. The molecule has 0 amide bonds. The Morgan fingerprint density at radius 1 is 1.48 bits per heavy atom. The van der Waals surface area contributed by atoms with Crippen LogP contribution >= 0.6 is 0 Å². The van der Waals surface area contributed by atoms with Gasteiger partial charge in [-0.05, 0) is 38.2 Å². The number of aromatic nitrogens is 1. The Morgan fingerprint density at radius 2 is 2.29 bits per heavy atom. The molecule has 116 valence electrons. The van der Waals surface area contributed by atoms with Crippen LogP contribution in [0.5, 0.6) is 5.88 Å². The Hall–Kier alpha value is -1.13. The van der Waals surface area contributed by atoms with Crippen molar-refractivity contribution in [3.8, 4) is 5.88 Å². The van der Waals surface area contributed by atoms with Crippen LogP contribution in [0.3, 0.4) is 0 Å². The van der Waals surface area contributed by atoms with Gasteiger partial charge in [-0.2, -0.15) is 0 Å². The van der Waals surface area contributed by atoms with Gasteiger partial charge < -0.3 is 10.1 Å². The molecule has 2 unspecified atom stereocenters. The van der Waals surface area contributed by atoms with E-state index < -0.39 is 0 Å². The lowest BCUT2D eigenvalue weighted by molar-refractivity contribution is 0.0658. The van der Waals surface area contributed by atoms with Crippen molar-refractivity contribution in [1.82, 2.24) is 15.2 Å². The topological polar surface area (TPSA) is 37.4 Å². The molecule has 2 heterocycles. The number of piperazine rings is 1. The van der Waals surface area contributed by atoms with Crippen LogP contribution in [0.25, 0.3) is 0 Å². The molecule has 0 bridgehead atoms. The van der Waals surface area contributed by atoms with Crippen LogP contribution in [0, 0.1) is 5.92 Å². The normalized spacial score (nSPS) is 30.3. The second kappa shape index (κ2) is 5.93. The van der Waals surface area contributed by atoms with Crippen molar-refractivity contribution in [2.45, 2.75) is 51.2 Å². The summed E-state index contributed by atoms with van der Waals surface area (Å²) in [7, 11) is 1.70. The lowest BCUT2D eigenvalue weighted by atomic mass is 9.90. The van der Waals surface area contributed by atoms with E-state index in [-0.39, 0.29) is 5.54 Å². The lowest BCUT2D eigenvalue weighted by Gasteiger charge is -2.46. The maximum absolute atomic E-state index is 5.41. The number of hydrogen-bond donors (Lipinski definition) is 1. The maximum Gasteiger partial charge on any atom is 0.217 e. The van der Waals surface area contributed by atoms with Crippen molar-refractivity contribution < 1.29 is 4.74 Å². The van der Waals surface area contributed by atoms with Crippen LogP contribution in [0.2, 0.25) is 0 Å². The fourth-order valence-corrected chi connectivity index (χ4v) is 3.62. The molecule has 0 radical (unpaired) electrons. The van der Waals surface area contributed by atoms with Crippen molar-refractivity contribution >= 4 is 0 Å². The molecule has 0 spiro atoms. The Bertz CT molecular complexity index is 489. The summed E-state index contributed by atoms with van der Waals surface area (Å²) < 4.78 is 5.41. The zero-order valence-electron chi connectivity index (χ0n) is 13.4. The van der Waals surface area contributed by atoms with E-state index in [0.29, 0.717) is 6.04 Å². The molecule has 1 saturated heterocycles. The first kappa shape index (κ1) is 14.8. The van der Waals surface area contributed by atoms with Gasteiger partial charge in [-0.25, -0.2) is 4.98 Å².